The highest BCUT2D eigenvalue weighted by Crippen LogP contribution is 2.20. The fraction of sp³-hybridized carbons (Fsp3) is 0.480. The number of benzene rings is 2. The zero-order valence-corrected chi connectivity index (χ0v) is 18.7. The number of oxime groups is 1. The van der Waals surface area contributed by atoms with Crippen LogP contribution in [0.1, 0.15) is 31.4 Å². The fourth-order valence-corrected chi connectivity index (χ4v) is 3.64. The van der Waals surface area contributed by atoms with E-state index < -0.39 is 6.10 Å². The molecule has 31 heavy (non-hydrogen) atoms. The summed E-state index contributed by atoms with van der Waals surface area (Å²) in [5, 5.41) is 14.9. The Labute approximate surface area is 185 Å². The van der Waals surface area contributed by atoms with Crippen molar-refractivity contribution < 1.29 is 19.4 Å². The number of aliphatic hydroxyl groups excluding tert-OH is 1. The Hall–Kier alpha value is -2.41. The summed E-state index contributed by atoms with van der Waals surface area (Å²) in [7, 11) is 1.67. The van der Waals surface area contributed by atoms with Crippen LogP contribution in [0.4, 0.5) is 0 Å². The summed E-state index contributed by atoms with van der Waals surface area (Å²) in [4.78, 5) is 7.94. The lowest BCUT2D eigenvalue weighted by molar-refractivity contribution is -0.00735. The van der Waals surface area contributed by atoms with Crippen LogP contribution in [0.3, 0.4) is 0 Å². The Kier molecular flexibility index (Phi) is 8.88. The standard InChI is InChI=1S/C25H34N2O4/c1-19(2)17-30-18-22(28)15-27(14-20-8-7-11-23(12-20)29-3)16-24-13-25(26-31-24)21-9-5-4-6-10-21/h4-12,19,22,24,28H,13-18H2,1-3H3/t22-,24+/m0/s1. The van der Waals surface area contributed by atoms with Crippen molar-refractivity contribution in [3.05, 3.63) is 65.7 Å². The van der Waals surface area contributed by atoms with Crippen LogP contribution in [0.15, 0.2) is 59.8 Å². The van der Waals surface area contributed by atoms with Gasteiger partial charge >= 0.3 is 0 Å². The van der Waals surface area contributed by atoms with Gasteiger partial charge in [0.05, 0.1) is 25.5 Å². The van der Waals surface area contributed by atoms with Gasteiger partial charge in [0.25, 0.3) is 0 Å². The van der Waals surface area contributed by atoms with Crippen molar-refractivity contribution in [1.82, 2.24) is 4.90 Å². The van der Waals surface area contributed by atoms with Crippen molar-refractivity contribution in [3.63, 3.8) is 0 Å². The van der Waals surface area contributed by atoms with Gasteiger partial charge < -0.3 is 19.4 Å². The van der Waals surface area contributed by atoms with E-state index in [0.717, 1.165) is 29.0 Å². The van der Waals surface area contributed by atoms with E-state index in [9.17, 15) is 5.11 Å². The summed E-state index contributed by atoms with van der Waals surface area (Å²) in [6.07, 6.45) is 0.128. The molecule has 0 fully saturated rings. The summed E-state index contributed by atoms with van der Waals surface area (Å²) in [6.45, 7) is 7.01. The maximum atomic E-state index is 10.6. The Morgan fingerprint density at radius 2 is 1.94 bits per heavy atom. The first-order chi connectivity index (χ1) is 15.0. The molecule has 0 radical (unpaired) electrons. The molecule has 6 nitrogen and oxygen atoms in total. The zero-order valence-electron chi connectivity index (χ0n) is 18.7. The molecule has 1 aliphatic heterocycles. The lowest BCUT2D eigenvalue weighted by Gasteiger charge is -2.27. The topological polar surface area (TPSA) is 63.5 Å². The third-order valence-electron chi connectivity index (χ3n) is 5.07. The van der Waals surface area contributed by atoms with E-state index in [1.54, 1.807) is 7.11 Å². The molecular formula is C25H34N2O4. The Balaban J connectivity index is 1.61. The normalized spacial score (nSPS) is 17.0. The van der Waals surface area contributed by atoms with E-state index >= 15 is 0 Å². The van der Waals surface area contributed by atoms with Crippen LogP contribution in [0.25, 0.3) is 0 Å². The molecule has 6 heteroatoms. The summed E-state index contributed by atoms with van der Waals surface area (Å²) in [6, 6.07) is 18.1. The van der Waals surface area contributed by atoms with Crippen molar-refractivity contribution in [3.8, 4) is 5.75 Å². The van der Waals surface area contributed by atoms with Crippen molar-refractivity contribution in [2.24, 2.45) is 11.1 Å². The Morgan fingerprint density at radius 3 is 2.68 bits per heavy atom. The summed E-state index contributed by atoms with van der Waals surface area (Å²) in [5.41, 5.74) is 3.18. The fourth-order valence-electron chi connectivity index (χ4n) is 3.64. The van der Waals surface area contributed by atoms with Gasteiger partial charge in [-0.3, -0.25) is 4.90 Å². The smallest absolute Gasteiger partial charge is 0.145 e. The molecular weight excluding hydrogens is 392 g/mol. The van der Waals surface area contributed by atoms with Gasteiger partial charge in [0, 0.05) is 32.7 Å². The van der Waals surface area contributed by atoms with Crippen LogP contribution >= 0.6 is 0 Å². The molecule has 0 aliphatic carbocycles. The monoisotopic (exact) mass is 426 g/mol. The molecule has 0 saturated heterocycles. The second-order valence-corrected chi connectivity index (χ2v) is 8.47. The molecule has 2 aromatic rings. The largest absolute Gasteiger partial charge is 0.497 e. The van der Waals surface area contributed by atoms with E-state index in [1.165, 1.54) is 0 Å². The average Bonchev–Trinajstić information content (AvgIpc) is 3.22. The lowest BCUT2D eigenvalue weighted by atomic mass is 10.0. The third kappa shape index (κ3) is 7.65. The van der Waals surface area contributed by atoms with Crippen molar-refractivity contribution in [2.75, 3.05) is 33.4 Å². The number of rotatable bonds is 12. The number of methoxy groups -OCH3 is 1. The van der Waals surface area contributed by atoms with E-state index in [0.29, 0.717) is 38.8 Å². The highest BCUT2D eigenvalue weighted by Gasteiger charge is 2.25. The van der Waals surface area contributed by atoms with E-state index in [-0.39, 0.29) is 6.10 Å². The Bertz CT molecular complexity index is 825. The van der Waals surface area contributed by atoms with Gasteiger partial charge in [-0.25, -0.2) is 0 Å². The van der Waals surface area contributed by atoms with Crippen molar-refractivity contribution >= 4 is 5.71 Å². The van der Waals surface area contributed by atoms with Gasteiger partial charge in [0.1, 0.15) is 11.9 Å². The molecule has 0 saturated carbocycles. The molecule has 0 spiro atoms. The highest BCUT2D eigenvalue weighted by atomic mass is 16.6. The molecule has 168 valence electrons. The van der Waals surface area contributed by atoms with Crippen LogP contribution in [-0.4, -0.2) is 61.3 Å². The molecule has 0 amide bonds. The highest BCUT2D eigenvalue weighted by molar-refractivity contribution is 6.01. The summed E-state index contributed by atoms with van der Waals surface area (Å²) < 4.78 is 11.0. The molecule has 1 aliphatic rings. The molecule has 2 aromatic carbocycles. The quantitative estimate of drug-likeness (QED) is 0.560. The molecule has 1 N–H and O–H groups in total. The molecule has 0 unspecified atom stereocenters. The first-order valence-corrected chi connectivity index (χ1v) is 10.9. The molecule has 3 rings (SSSR count). The average molecular weight is 427 g/mol. The van der Waals surface area contributed by atoms with Gasteiger partial charge in [-0.2, -0.15) is 0 Å². The van der Waals surface area contributed by atoms with Gasteiger partial charge in [0.2, 0.25) is 0 Å². The molecule has 0 aromatic heterocycles. The number of hydrogen-bond donors (Lipinski definition) is 1. The van der Waals surface area contributed by atoms with Crippen molar-refractivity contribution in [1.29, 1.82) is 0 Å². The molecule has 1 heterocycles. The predicted molar refractivity (Wildman–Crippen MR) is 122 cm³/mol. The molecule has 2 atom stereocenters. The summed E-state index contributed by atoms with van der Waals surface area (Å²) >= 11 is 0. The first kappa shape index (κ1) is 23.3. The number of ether oxygens (including phenoxy) is 2. The van der Waals surface area contributed by atoms with E-state index in [2.05, 4.69) is 42.1 Å². The number of hydrogen-bond acceptors (Lipinski definition) is 6. The maximum Gasteiger partial charge on any atom is 0.145 e. The predicted octanol–water partition coefficient (Wildman–Crippen LogP) is 3.72. The van der Waals surface area contributed by atoms with Gasteiger partial charge in [-0.05, 0) is 29.2 Å². The van der Waals surface area contributed by atoms with E-state index in [4.69, 9.17) is 14.3 Å². The second-order valence-electron chi connectivity index (χ2n) is 8.47. The Morgan fingerprint density at radius 1 is 1.13 bits per heavy atom. The minimum Gasteiger partial charge on any atom is -0.497 e. The second kappa shape index (κ2) is 11.8. The van der Waals surface area contributed by atoms with Crippen LogP contribution in [-0.2, 0) is 16.1 Å². The number of aliphatic hydroxyl groups is 1. The van der Waals surface area contributed by atoms with Gasteiger partial charge in [-0.15, -0.1) is 0 Å². The SMILES string of the molecule is COc1cccc(CN(C[C@H](O)COCC(C)C)C[C@H]2CC(c3ccccc3)=NO2)c1. The minimum absolute atomic E-state index is 0.0513. The van der Waals surface area contributed by atoms with Crippen LogP contribution in [0.2, 0.25) is 0 Å². The maximum absolute atomic E-state index is 10.6. The first-order valence-electron chi connectivity index (χ1n) is 10.9. The third-order valence-corrected chi connectivity index (χ3v) is 5.07. The van der Waals surface area contributed by atoms with E-state index in [1.807, 2.05) is 36.4 Å². The van der Waals surface area contributed by atoms with Crippen LogP contribution in [0.5, 0.6) is 5.75 Å². The van der Waals surface area contributed by atoms with Gasteiger partial charge in [0.15, 0.2) is 0 Å². The summed E-state index contributed by atoms with van der Waals surface area (Å²) in [5.74, 6) is 1.27. The number of nitrogens with zero attached hydrogens (tertiary/aromatic N) is 2. The van der Waals surface area contributed by atoms with Crippen molar-refractivity contribution in [2.45, 2.75) is 39.0 Å². The van der Waals surface area contributed by atoms with Crippen LogP contribution < -0.4 is 4.74 Å². The molecule has 0 bridgehead atoms. The van der Waals surface area contributed by atoms with Gasteiger partial charge in [-0.1, -0.05) is 61.5 Å². The zero-order chi connectivity index (χ0) is 22.1. The van der Waals surface area contributed by atoms with Crippen LogP contribution in [0, 0.1) is 5.92 Å². The minimum atomic E-state index is -0.569. The lowest BCUT2D eigenvalue weighted by Crippen LogP contribution is -2.39.